The van der Waals surface area contributed by atoms with Gasteiger partial charge in [0.1, 0.15) is 5.76 Å². The van der Waals surface area contributed by atoms with Gasteiger partial charge in [0.25, 0.3) is 5.69 Å². The lowest BCUT2D eigenvalue weighted by molar-refractivity contribution is -0.385. The highest BCUT2D eigenvalue weighted by Gasteiger charge is 2.10. The van der Waals surface area contributed by atoms with E-state index in [0.29, 0.717) is 5.76 Å². The Kier molecular flexibility index (Phi) is 3.47. The van der Waals surface area contributed by atoms with Crippen molar-refractivity contribution in [3.8, 4) is 0 Å². The molecular formula is C11H8ClFN2O3. The highest BCUT2D eigenvalue weighted by atomic mass is 35.5. The van der Waals surface area contributed by atoms with E-state index in [1.807, 2.05) is 0 Å². The van der Waals surface area contributed by atoms with Gasteiger partial charge in [-0.25, -0.2) is 4.39 Å². The number of nitrogens with zero attached hydrogens (tertiary/aromatic N) is 1. The molecule has 1 N–H and O–H groups in total. The van der Waals surface area contributed by atoms with Gasteiger partial charge in [0.15, 0.2) is 11.0 Å². The fourth-order valence-electron chi connectivity index (χ4n) is 1.39. The van der Waals surface area contributed by atoms with Crippen LogP contribution >= 0.6 is 11.6 Å². The largest absolute Gasteiger partial charge is 0.448 e. The Morgan fingerprint density at radius 2 is 2.17 bits per heavy atom. The van der Waals surface area contributed by atoms with Crippen molar-refractivity contribution in [2.24, 2.45) is 0 Å². The third kappa shape index (κ3) is 2.78. The van der Waals surface area contributed by atoms with E-state index in [1.54, 1.807) is 12.1 Å². The van der Waals surface area contributed by atoms with Crippen LogP contribution < -0.4 is 5.32 Å². The van der Waals surface area contributed by atoms with Gasteiger partial charge in [-0.05, 0) is 29.8 Å². The van der Waals surface area contributed by atoms with Gasteiger partial charge in [0.2, 0.25) is 0 Å². The zero-order valence-electron chi connectivity index (χ0n) is 9.02. The SMILES string of the molecule is O=[N+]([O-])c1ccc(NCc2ccc(Cl)o2)c(F)c1. The van der Waals surface area contributed by atoms with Crippen LogP contribution in [0.4, 0.5) is 15.8 Å². The summed E-state index contributed by atoms with van der Waals surface area (Å²) in [5.41, 5.74) is -0.132. The van der Waals surface area contributed by atoms with E-state index in [2.05, 4.69) is 5.32 Å². The van der Waals surface area contributed by atoms with Crippen LogP contribution in [0.1, 0.15) is 5.76 Å². The Balaban J connectivity index is 2.08. The lowest BCUT2D eigenvalue weighted by Crippen LogP contribution is -2.01. The summed E-state index contributed by atoms with van der Waals surface area (Å²) in [6.45, 7) is 0.238. The molecule has 0 unspecified atom stereocenters. The van der Waals surface area contributed by atoms with Crippen molar-refractivity contribution >= 4 is 23.0 Å². The van der Waals surface area contributed by atoms with Crippen LogP contribution in [0, 0.1) is 15.9 Å². The number of rotatable bonds is 4. The molecule has 1 aromatic heterocycles. The summed E-state index contributed by atoms with van der Waals surface area (Å²) < 4.78 is 18.6. The number of benzene rings is 1. The molecule has 2 aromatic rings. The lowest BCUT2D eigenvalue weighted by atomic mass is 10.2. The molecule has 0 aliphatic carbocycles. The van der Waals surface area contributed by atoms with Gasteiger partial charge >= 0.3 is 0 Å². The molecule has 0 atom stereocenters. The van der Waals surface area contributed by atoms with Crippen molar-refractivity contribution in [1.82, 2.24) is 0 Å². The molecule has 94 valence electrons. The molecule has 0 saturated heterocycles. The maximum atomic E-state index is 13.5. The standard InChI is InChI=1S/C11H8ClFN2O3/c12-11-4-2-8(18-11)6-14-10-3-1-7(15(16)17)5-9(10)13/h1-5,14H,6H2. The van der Waals surface area contributed by atoms with Crippen LogP contribution in [0.25, 0.3) is 0 Å². The molecule has 0 aliphatic heterocycles. The number of nitro groups is 1. The van der Waals surface area contributed by atoms with Gasteiger partial charge in [-0.3, -0.25) is 10.1 Å². The number of hydrogen-bond acceptors (Lipinski definition) is 4. The first kappa shape index (κ1) is 12.4. The second kappa shape index (κ2) is 5.05. The zero-order chi connectivity index (χ0) is 13.1. The van der Waals surface area contributed by atoms with Gasteiger partial charge in [-0.1, -0.05) is 0 Å². The zero-order valence-corrected chi connectivity index (χ0v) is 9.78. The minimum atomic E-state index is -0.693. The van der Waals surface area contributed by atoms with Crippen molar-refractivity contribution in [2.45, 2.75) is 6.54 Å². The van der Waals surface area contributed by atoms with Crippen molar-refractivity contribution in [3.63, 3.8) is 0 Å². The lowest BCUT2D eigenvalue weighted by Gasteiger charge is -2.05. The Hall–Kier alpha value is -2.08. The fourth-order valence-corrected chi connectivity index (χ4v) is 1.55. The number of furan rings is 1. The summed E-state index contributed by atoms with van der Waals surface area (Å²) in [5, 5.41) is 13.4. The Morgan fingerprint density at radius 3 is 2.72 bits per heavy atom. The number of anilines is 1. The summed E-state index contributed by atoms with van der Waals surface area (Å²) in [6.07, 6.45) is 0. The highest BCUT2D eigenvalue weighted by molar-refractivity contribution is 6.28. The quantitative estimate of drug-likeness (QED) is 0.681. The topological polar surface area (TPSA) is 68.3 Å². The van der Waals surface area contributed by atoms with Crippen LogP contribution in [0.3, 0.4) is 0 Å². The monoisotopic (exact) mass is 270 g/mol. The molecule has 18 heavy (non-hydrogen) atoms. The number of non-ortho nitro benzene ring substituents is 1. The molecule has 0 spiro atoms. The third-order valence-corrected chi connectivity index (χ3v) is 2.45. The Morgan fingerprint density at radius 1 is 1.39 bits per heavy atom. The van der Waals surface area contributed by atoms with Gasteiger partial charge in [0, 0.05) is 6.07 Å². The van der Waals surface area contributed by atoms with Crippen LogP contribution in [0.2, 0.25) is 5.22 Å². The molecule has 2 rings (SSSR count). The van der Waals surface area contributed by atoms with Crippen molar-refractivity contribution in [3.05, 3.63) is 57.2 Å². The second-order valence-corrected chi connectivity index (χ2v) is 3.85. The van der Waals surface area contributed by atoms with E-state index < -0.39 is 10.7 Å². The van der Waals surface area contributed by atoms with E-state index in [4.69, 9.17) is 16.0 Å². The molecule has 0 bridgehead atoms. The highest BCUT2D eigenvalue weighted by Crippen LogP contribution is 2.21. The molecular weight excluding hydrogens is 263 g/mol. The van der Waals surface area contributed by atoms with Gasteiger partial charge < -0.3 is 9.73 Å². The van der Waals surface area contributed by atoms with E-state index in [9.17, 15) is 14.5 Å². The van der Waals surface area contributed by atoms with Crippen LogP contribution in [-0.2, 0) is 6.54 Å². The summed E-state index contributed by atoms with van der Waals surface area (Å²) in [5.74, 6) is -0.153. The van der Waals surface area contributed by atoms with Crippen molar-refractivity contribution < 1.29 is 13.7 Å². The summed E-state index contributed by atoms with van der Waals surface area (Å²) in [7, 11) is 0. The van der Waals surface area contributed by atoms with E-state index in [-0.39, 0.29) is 23.1 Å². The first-order valence-corrected chi connectivity index (χ1v) is 5.36. The Labute approximate surface area is 106 Å². The fraction of sp³-hybridized carbons (Fsp3) is 0.0909. The molecule has 0 aliphatic rings. The summed E-state index contributed by atoms with van der Waals surface area (Å²) in [4.78, 5) is 9.78. The molecule has 0 saturated carbocycles. The van der Waals surface area contributed by atoms with E-state index in [1.165, 1.54) is 12.1 Å². The smallest absolute Gasteiger partial charge is 0.272 e. The molecule has 1 aromatic carbocycles. The first-order valence-electron chi connectivity index (χ1n) is 4.98. The van der Waals surface area contributed by atoms with Gasteiger partial charge in [-0.2, -0.15) is 0 Å². The Bertz CT molecular complexity index is 585. The van der Waals surface area contributed by atoms with Crippen LogP contribution in [-0.4, -0.2) is 4.92 Å². The third-order valence-electron chi connectivity index (χ3n) is 2.25. The molecule has 0 fully saturated rings. The van der Waals surface area contributed by atoms with Crippen LogP contribution in [0.5, 0.6) is 0 Å². The van der Waals surface area contributed by atoms with Crippen molar-refractivity contribution in [2.75, 3.05) is 5.32 Å². The van der Waals surface area contributed by atoms with Gasteiger partial charge in [-0.15, -0.1) is 0 Å². The van der Waals surface area contributed by atoms with Crippen LogP contribution in [0.15, 0.2) is 34.7 Å². The normalized spacial score (nSPS) is 10.3. The predicted molar refractivity (Wildman–Crippen MR) is 64.1 cm³/mol. The average Bonchev–Trinajstić information content (AvgIpc) is 2.73. The van der Waals surface area contributed by atoms with Crippen molar-refractivity contribution in [1.29, 1.82) is 0 Å². The molecule has 5 nitrogen and oxygen atoms in total. The van der Waals surface area contributed by atoms with E-state index >= 15 is 0 Å². The number of nitro benzene ring substituents is 1. The molecule has 0 amide bonds. The molecule has 1 heterocycles. The maximum absolute atomic E-state index is 13.5. The summed E-state index contributed by atoms with van der Waals surface area (Å²) in [6, 6.07) is 6.61. The number of hydrogen-bond donors (Lipinski definition) is 1. The average molecular weight is 271 g/mol. The number of nitrogens with one attached hydrogen (secondary N) is 1. The summed E-state index contributed by atoms with van der Waals surface area (Å²) >= 11 is 5.59. The molecule has 0 radical (unpaired) electrons. The van der Waals surface area contributed by atoms with Gasteiger partial charge in [0.05, 0.1) is 23.2 Å². The van der Waals surface area contributed by atoms with E-state index in [0.717, 1.165) is 6.07 Å². The first-order chi connectivity index (χ1) is 8.56. The minimum Gasteiger partial charge on any atom is -0.448 e. The maximum Gasteiger partial charge on any atom is 0.272 e. The number of halogens is 2. The predicted octanol–water partition coefficient (Wildman–Crippen LogP) is 3.59. The second-order valence-electron chi connectivity index (χ2n) is 3.48. The minimum absolute atomic E-state index is 0.160. The molecule has 7 heteroatoms.